The average molecular weight is 292 g/mol. The van der Waals surface area contributed by atoms with Crippen LogP contribution in [0.15, 0.2) is 46.9 Å². The molecule has 0 aromatic heterocycles. The van der Waals surface area contributed by atoms with Gasteiger partial charge in [0.25, 0.3) is 0 Å². The third-order valence-corrected chi connectivity index (χ3v) is 3.00. The molecule has 0 heterocycles. The van der Waals surface area contributed by atoms with Crippen molar-refractivity contribution >= 4 is 21.6 Å². The van der Waals surface area contributed by atoms with Gasteiger partial charge in [0.1, 0.15) is 5.75 Å². The standard InChI is InChI=1S/C14H14BrNO/c1-2-10-8-11(15)9-13(14(10)16)17-12-6-4-3-5-7-12/h3-9H,2,16H2,1H3. The molecular formula is C14H14BrNO. The lowest BCUT2D eigenvalue weighted by Crippen LogP contribution is -1.97. The summed E-state index contributed by atoms with van der Waals surface area (Å²) in [5.74, 6) is 1.49. The van der Waals surface area contributed by atoms with Gasteiger partial charge in [-0.3, -0.25) is 0 Å². The van der Waals surface area contributed by atoms with Crippen molar-refractivity contribution in [3.05, 3.63) is 52.5 Å². The predicted molar refractivity (Wildman–Crippen MR) is 74.4 cm³/mol. The van der Waals surface area contributed by atoms with Crippen LogP contribution in [-0.2, 0) is 6.42 Å². The Kier molecular flexibility index (Phi) is 3.69. The number of rotatable bonds is 3. The van der Waals surface area contributed by atoms with Crippen LogP contribution in [0.4, 0.5) is 5.69 Å². The van der Waals surface area contributed by atoms with E-state index in [1.54, 1.807) is 0 Å². The van der Waals surface area contributed by atoms with Crippen molar-refractivity contribution in [1.29, 1.82) is 0 Å². The van der Waals surface area contributed by atoms with Crippen LogP contribution in [0.5, 0.6) is 11.5 Å². The molecule has 2 aromatic rings. The van der Waals surface area contributed by atoms with E-state index >= 15 is 0 Å². The summed E-state index contributed by atoms with van der Waals surface area (Å²) >= 11 is 3.47. The summed E-state index contributed by atoms with van der Waals surface area (Å²) in [6, 6.07) is 13.6. The van der Waals surface area contributed by atoms with Crippen molar-refractivity contribution in [3.63, 3.8) is 0 Å². The predicted octanol–water partition coefficient (Wildman–Crippen LogP) is 4.39. The van der Waals surface area contributed by atoms with E-state index in [4.69, 9.17) is 10.5 Å². The molecule has 0 fully saturated rings. The molecule has 3 heteroatoms. The van der Waals surface area contributed by atoms with Crippen LogP contribution in [0, 0.1) is 0 Å². The zero-order valence-corrected chi connectivity index (χ0v) is 11.2. The summed E-state index contributed by atoms with van der Waals surface area (Å²) in [5, 5.41) is 0. The van der Waals surface area contributed by atoms with Gasteiger partial charge in [-0.05, 0) is 36.2 Å². The molecule has 0 unspecified atom stereocenters. The molecule has 0 saturated carbocycles. The van der Waals surface area contributed by atoms with Crippen molar-refractivity contribution in [3.8, 4) is 11.5 Å². The van der Waals surface area contributed by atoms with Gasteiger partial charge in [-0.1, -0.05) is 41.1 Å². The number of para-hydroxylation sites is 1. The Hall–Kier alpha value is -1.48. The summed E-state index contributed by atoms with van der Waals surface area (Å²) in [5.41, 5.74) is 7.86. The number of aryl methyl sites for hydroxylation is 1. The quantitative estimate of drug-likeness (QED) is 0.852. The summed E-state index contributed by atoms with van der Waals surface area (Å²) in [7, 11) is 0. The van der Waals surface area contributed by atoms with Gasteiger partial charge in [-0.15, -0.1) is 0 Å². The lowest BCUT2D eigenvalue weighted by Gasteiger charge is -2.12. The average Bonchev–Trinajstić information content (AvgIpc) is 2.34. The van der Waals surface area contributed by atoms with Gasteiger partial charge < -0.3 is 10.5 Å². The Bertz CT molecular complexity index is 511. The lowest BCUT2D eigenvalue weighted by molar-refractivity contribution is 0.484. The number of ether oxygens (including phenoxy) is 1. The van der Waals surface area contributed by atoms with E-state index in [0.717, 1.165) is 22.2 Å². The van der Waals surface area contributed by atoms with Gasteiger partial charge in [-0.2, -0.15) is 0 Å². The van der Waals surface area contributed by atoms with Crippen LogP contribution < -0.4 is 10.5 Å². The normalized spacial score (nSPS) is 10.2. The van der Waals surface area contributed by atoms with E-state index in [0.29, 0.717) is 11.4 Å². The second-order valence-corrected chi connectivity index (χ2v) is 4.66. The first-order valence-electron chi connectivity index (χ1n) is 5.51. The fourth-order valence-electron chi connectivity index (χ4n) is 1.64. The molecule has 2 N–H and O–H groups in total. The molecule has 0 radical (unpaired) electrons. The van der Waals surface area contributed by atoms with E-state index in [-0.39, 0.29) is 0 Å². The fraction of sp³-hybridized carbons (Fsp3) is 0.143. The third-order valence-electron chi connectivity index (χ3n) is 2.54. The molecule has 2 aromatic carbocycles. The molecule has 0 aliphatic heterocycles. The van der Waals surface area contributed by atoms with E-state index in [9.17, 15) is 0 Å². The Morgan fingerprint density at radius 3 is 2.53 bits per heavy atom. The number of nitrogen functional groups attached to an aromatic ring is 1. The topological polar surface area (TPSA) is 35.2 Å². The van der Waals surface area contributed by atoms with Crippen LogP contribution in [0.1, 0.15) is 12.5 Å². The highest BCUT2D eigenvalue weighted by Gasteiger charge is 2.08. The molecule has 0 aliphatic rings. The minimum absolute atomic E-state index is 0.697. The van der Waals surface area contributed by atoms with Crippen molar-refractivity contribution in [1.82, 2.24) is 0 Å². The molecule has 2 rings (SSSR count). The van der Waals surface area contributed by atoms with Crippen LogP contribution in [0.3, 0.4) is 0 Å². The van der Waals surface area contributed by atoms with Crippen molar-refractivity contribution in [2.24, 2.45) is 0 Å². The van der Waals surface area contributed by atoms with Gasteiger partial charge in [-0.25, -0.2) is 0 Å². The molecular weight excluding hydrogens is 278 g/mol. The zero-order chi connectivity index (χ0) is 12.3. The molecule has 0 amide bonds. The number of nitrogens with two attached hydrogens (primary N) is 1. The molecule has 0 aliphatic carbocycles. The van der Waals surface area contributed by atoms with Crippen molar-refractivity contribution < 1.29 is 4.74 Å². The minimum Gasteiger partial charge on any atom is -0.455 e. The van der Waals surface area contributed by atoms with Crippen molar-refractivity contribution in [2.75, 3.05) is 5.73 Å². The van der Waals surface area contributed by atoms with E-state index in [1.165, 1.54) is 0 Å². The molecule has 88 valence electrons. The molecule has 0 atom stereocenters. The fourth-order valence-corrected chi connectivity index (χ4v) is 2.12. The molecule has 0 saturated heterocycles. The Morgan fingerprint density at radius 1 is 1.18 bits per heavy atom. The summed E-state index contributed by atoms with van der Waals surface area (Å²) in [6.45, 7) is 2.07. The van der Waals surface area contributed by atoms with E-state index < -0.39 is 0 Å². The second kappa shape index (κ2) is 5.23. The highest BCUT2D eigenvalue weighted by Crippen LogP contribution is 2.33. The molecule has 17 heavy (non-hydrogen) atoms. The number of benzene rings is 2. The lowest BCUT2D eigenvalue weighted by atomic mass is 10.1. The second-order valence-electron chi connectivity index (χ2n) is 3.75. The van der Waals surface area contributed by atoms with Gasteiger partial charge in [0.15, 0.2) is 5.75 Å². The zero-order valence-electron chi connectivity index (χ0n) is 9.61. The van der Waals surface area contributed by atoms with Crippen LogP contribution in [0.25, 0.3) is 0 Å². The minimum atomic E-state index is 0.697. The summed E-state index contributed by atoms with van der Waals surface area (Å²) in [4.78, 5) is 0. The van der Waals surface area contributed by atoms with Crippen LogP contribution in [-0.4, -0.2) is 0 Å². The smallest absolute Gasteiger partial charge is 0.151 e. The largest absolute Gasteiger partial charge is 0.455 e. The van der Waals surface area contributed by atoms with E-state index in [1.807, 2.05) is 42.5 Å². The Labute approximate surface area is 110 Å². The third kappa shape index (κ3) is 2.80. The van der Waals surface area contributed by atoms with Crippen LogP contribution in [0.2, 0.25) is 0 Å². The van der Waals surface area contributed by atoms with Gasteiger partial charge in [0, 0.05) is 4.47 Å². The van der Waals surface area contributed by atoms with Gasteiger partial charge in [0.05, 0.1) is 5.69 Å². The number of anilines is 1. The molecule has 0 bridgehead atoms. The highest BCUT2D eigenvalue weighted by molar-refractivity contribution is 9.10. The maximum Gasteiger partial charge on any atom is 0.151 e. The monoisotopic (exact) mass is 291 g/mol. The van der Waals surface area contributed by atoms with Gasteiger partial charge >= 0.3 is 0 Å². The summed E-state index contributed by atoms with van der Waals surface area (Å²) < 4.78 is 6.76. The maximum atomic E-state index is 6.06. The number of hydrogen-bond donors (Lipinski definition) is 1. The van der Waals surface area contributed by atoms with Crippen LogP contribution >= 0.6 is 15.9 Å². The first kappa shape index (κ1) is 12.0. The Balaban J connectivity index is 2.36. The number of hydrogen-bond acceptors (Lipinski definition) is 2. The first-order valence-corrected chi connectivity index (χ1v) is 6.30. The highest BCUT2D eigenvalue weighted by atomic mass is 79.9. The maximum absolute atomic E-state index is 6.06. The molecule has 0 spiro atoms. The van der Waals surface area contributed by atoms with Gasteiger partial charge in [0.2, 0.25) is 0 Å². The Morgan fingerprint density at radius 2 is 1.88 bits per heavy atom. The SMILES string of the molecule is CCc1cc(Br)cc(Oc2ccccc2)c1N. The summed E-state index contributed by atoms with van der Waals surface area (Å²) in [6.07, 6.45) is 0.885. The first-order chi connectivity index (χ1) is 8.20. The number of halogens is 1. The van der Waals surface area contributed by atoms with E-state index in [2.05, 4.69) is 22.9 Å². The molecule has 2 nitrogen and oxygen atoms in total. The van der Waals surface area contributed by atoms with Crippen molar-refractivity contribution in [2.45, 2.75) is 13.3 Å².